The number of hydrogen-bond donors (Lipinski definition) is 0. The van der Waals surface area contributed by atoms with E-state index in [1.165, 1.54) is 6.42 Å². The predicted molar refractivity (Wildman–Crippen MR) is 82.2 cm³/mol. The maximum Gasteiger partial charge on any atom is 0.232 e. The normalized spacial score (nSPS) is 24.0. The van der Waals surface area contributed by atoms with Crippen LogP contribution in [0.4, 0.5) is 0 Å². The predicted octanol–water partition coefficient (Wildman–Crippen LogP) is 3.57. The highest BCUT2D eigenvalue weighted by Gasteiger charge is 2.43. The third-order valence-corrected chi connectivity index (χ3v) is 5.61. The van der Waals surface area contributed by atoms with E-state index in [-0.39, 0.29) is 17.1 Å². The summed E-state index contributed by atoms with van der Waals surface area (Å²) in [6.45, 7) is 3.98. The Morgan fingerprint density at radius 3 is 2.57 bits per heavy atom. The van der Waals surface area contributed by atoms with Crippen LogP contribution in [0.1, 0.15) is 58.8 Å². The van der Waals surface area contributed by atoms with Gasteiger partial charge in [-0.05, 0) is 31.8 Å². The van der Waals surface area contributed by atoms with Crippen molar-refractivity contribution in [3.63, 3.8) is 0 Å². The van der Waals surface area contributed by atoms with Crippen LogP contribution in [-0.4, -0.2) is 23.6 Å². The molecule has 0 bridgehead atoms. The molecule has 0 aromatic carbocycles. The molecule has 113 valence electrons. The minimum absolute atomic E-state index is 0.111. The first-order valence-electron chi connectivity index (χ1n) is 8.10. The summed E-state index contributed by atoms with van der Waals surface area (Å²) in [7, 11) is 1.86. The molecule has 0 aliphatic heterocycles. The van der Waals surface area contributed by atoms with E-state index < -0.39 is 0 Å². The summed E-state index contributed by atoms with van der Waals surface area (Å²) in [6, 6.07) is 0. The van der Waals surface area contributed by atoms with Crippen LogP contribution in [0.5, 0.6) is 0 Å². The highest BCUT2D eigenvalue weighted by molar-refractivity contribution is 6.16. The maximum atomic E-state index is 13.1. The Hall–Kier alpha value is -1.38. The molecule has 1 saturated carbocycles. The van der Waals surface area contributed by atoms with Gasteiger partial charge in [0.15, 0.2) is 5.78 Å². The van der Waals surface area contributed by atoms with Crippen LogP contribution in [0.3, 0.4) is 0 Å². The molecule has 0 aromatic rings. The maximum absolute atomic E-state index is 13.1. The van der Waals surface area contributed by atoms with Crippen molar-refractivity contribution in [2.75, 3.05) is 7.05 Å². The standard InChI is InChI=1S/C18H24NO2/c1-4-18(8-6-5-7-9-18)17(21)19(3)15-11-13-10-14(13)16(20)12(15)2/h10H,4-9,11H2,1-3H3. The lowest BCUT2D eigenvalue weighted by atomic mass is 9.71. The van der Waals surface area contributed by atoms with Gasteiger partial charge >= 0.3 is 0 Å². The highest BCUT2D eigenvalue weighted by Crippen LogP contribution is 2.45. The fourth-order valence-electron chi connectivity index (χ4n) is 3.94. The lowest BCUT2D eigenvalue weighted by Crippen LogP contribution is -2.43. The van der Waals surface area contributed by atoms with Crippen LogP contribution in [0, 0.1) is 11.8 Å². The van der Waals surface area contributed by atoms with Crippen LogP contribution in [0.25, 0.3) is 0 Å². The molecule has 3 rings (SSSR count). The van der Waals surface area contributed by atoms with E-state index in [4.69, 9.17) is 0 Å². The van der Waals surface area contributed by atoms with Crippen molar-refractivity contribution in [3.05, 3.63) is 28.8 Å². The van der Waals surface area contributed by atoms with Crippen LogP contribution in [-0.2, 0) is 9.59 Å². The molecule has 0 unspecified atom stereocenters. The Bertz CT molecular complexity index is 562. The first-order valence-corrected chi connectivity index (χ1v) is 8.10. The molecule has 3 aliphatic rings. The average Bonchev–Trinajstić information content (AvgIpc) is 3.30. The van der Waals surface area contributed by atoms with E-state index >= 15 is 0 Å². The Kier molecular flexibility index (Phi) is 3.54. The molecule has 0 spiro atoms. The topological polar surface area (TPSA) is 37.4 Å². The van der Waals surface area contributed by atoms with Gasteiger partial charge in [-0.3, -0.25) is 9.59 Å². The zero-order valence-electron chi connectivity index (χ0n) is 13.3. The van der Waals surface area contributed by atoms with Crippen LogP contribution in [0.2, 0.25) is 0 Å². The van der Waals surface area contributed by atoms with E-state index in [1.54, 1.807) is 4.90 Å². The lowest BCUT2D eigenvalue weighted by Gasteiger charge is -2.39. The molecular weight excluding hydrogens is 262 g/mol. The van der Waals surface area contributed by atoms with Gasteiger partial charge in [0.2, 0.25) is 5.91 Å². The molecular formula is C18H24NO2. The Morgan fingerprint density at radius 2 is 1.95 bits per heavy atom. The third-order valence-electron chi connectivity index (χ3n) is 5.61. The van der Waals surface area contributed by atoms with E-state index in [1.807, 2.05) is 20.4 Å². The van der Waals surface area contributed by atoms with Crippen molar-refractivity contribution in [1.82, 2.24) is 4.90 Å². The first-order chi connectivity index (χ1) is 10.00. The molecule has 3 nitrogen and oxygen atoms in total. The van der Waals surface area contributed by atoms with Crippen molar-refractivity contribution in [2.45, 2.75) is 58.8 Å². The van der Waals surface area contributed by atoms with Gasteiger partial charge in [0.1, 0.15) is 0 Å². The van der Waals surface area contributed by atoms with Crippen LogP contribution < -0.4 is 0 Å². The van der Waals surface area contributed by atoms with Gasteiger partial charge in [0.05, 0.1) is 0 Å². The van der Waals surface area contributed by atoms with Crippen molar-refractivity contribution >= 4 is 11.7 Å². The molecule has 0 aromatic heterocycles. The van der Waals surface area contributed by atoms with Crippen molar-refractivity contribution in [3.8, 4) is 0 Å². The second kappa shape index (κ2) is 5.11. The number of hydrogen-bond acceptors (Lipinski definition) is 2. The molecule has 1 fully saturated rings. The summed E-state index contributed by atoms with van der Waals surface area (Å²) < 4.78 is 0. The molecule has 0 saturated heterocycles. The summed E-state index contributed by atoms with van der Waals surface area (Å²) in [4.78, 5) is 27.0. The number of rotatable bonds is 3. The Labute approximate surface area is 127 Å². The van der Waals surface area contributed by atoms with Gasteiger partial charge in [0, 0.05) is 42.1 Å². The van der Waals surface area contributed by atoms with Gasteiger partial charge < -0.3 is 4.90 Å². The van der Waals surface area contributed by atoms with Gasteiger partial charge in [-0.25, -0.2) is 0 Å². The van der Waals surface area contributed by atoms with Crippen molar-refractivity contribution < 1.29 is 9.59 Å². The summed E-state index contributed by atoms with van der Waals surface area (Å²) in [6.07, 6.45) is 9.12. The zero-order valence-corrected chi connectivity index (χ0v) is 13.3. The number of ketones is 1. The molecule has 0 N–H and O–H groups in total. The van der Waals surface area contributed by atoms with E-state index in [0.29, 0.717) is 0 Å². The van der Waals surface area contributed by atoms with Crippen molar-refractivity contribution in [2.24, 2.45) is 5.41 Å². The molecule has 3 heteroatoms. The molecule has 1 amide bonds. The molecule has 0 atom stereocenters. The van der Waals surface area contributed by atoms with Crippen LogP contribution in [0.15, 0.2) is 22.4 Å². The minimum Gasteiger partial charge on any atom is -0.318 e. The van der Waals surface area contributed by atoms with E-state index in [0.717, 1.165) is 60.9 Å². The summed E-state index contributed by atoms with van der Waals surface area (Å²) in [5, 5.41) is 0. The number of nitrogens with zero attached hydrogens (tertiary/aromatic N) is 1. The molecule has 3 aliphatic carbocycles. The Balaban J connectivity index is 1.84. The monoisotopic (exact) mass is 286 g/mol. The molecule has 0 heterocycles. The smallest absolute Gasteiger partial charge is 0.232 e. The number of carbonyl (C=O) groups is 2. The molecule has 21 heavy (non-hydrogen) atoms. The van der Waals surface area contributed by atoms with E-state index in [9.17, 15) is 9.59 Å². The first kappa shape index (κ1) is 14.6. The number of carbonyl (C=O) groups excluding carboxylic acids is 2. The van der Waals surface area contributed by atoms with Gasteiger partial charge in [0.25, 0.3) is 0 Å². The second-order valence-electron chi connectivity index (χ2n) is 6.72. The van der Waals surface area contributed by atoms with Gasteiger partial charge in [-0.1, -0.05) is 26.2 Å². The average molecular weight is 286 g/mol. The quantitative estimate of drug-likeness (QED) is 0.795. The van der Waals surface area contributed by atoms with E-state index in [2.05, 4.69) is 6.92 Å². The van der Waals surface area contributed by atoms with Crippen molar-refractivity contribution in [1.29, 1.82) is 0 Å². The zero-order chi connectivity index (χ0) is 15.2. The Morgan fingerprint density at radius 1 is 1.29 bits per heavy atom. The fourth-order valence-corrected chi connectivity index (χ4v) is 3.94. The summed E-state index contributed by atoms with van der Waals surface area (Å²) >= 11 is 0. The number of amides is 1. The minimum atomic E-state index is -0.203. The van der Waals surface area contributed by atoms with Gasteiger partial charge in [-0.2, -0.15) is 0 Å². The molecule has 1 radical (unpaired) electrons. The third kappa shape index (κ3) is 2.27. The fraction of sp³-hybridized carbons (Fsp3) is 0.611. The summed E-state index contributed by atoms with van der Waals surface area (Å²) in [5.41, 5.74) is 3.45. The highest BCUT2D eigenvalue weighted by atomic mass is 16.2. The largest absolute Gasteiger partial charge is 0.318 e. The van der Waals surface area contributed by atoms with Gasteiger partial charge in [-0.15, -0.1) is 0 Å². The SMILES string of the molecule is CCC1(C(=O)N(C)C2=C(C)C(=O)C3=C([CH]3)C2)CCCCC1. The number of allylic oxidation sites excluding steroid dienone is 3. The van der Waals surface area contributed by atoms with Crippen LogP contribution >= 0.6 is 0 Å². The summed E-state index contributed by atoms with van der Waals surface area (Å²) in [5.74, 6) is 0.330. The second-order valence-corrected chi connectivity index (χ2v) is 6.72. The number of Topliss-reactive ketones (excluding diaryl/α,β-unsaturated/α-hetero) is 1. The lowest BCUT2D eigenvalue weighted by molar-refractivity contribution is -0.141.